The summed E-state index contributed by atoms with van der Waals surface area (Å²) in [6, 6.07) is 3.20. The first-order valence-electron chi connectivity index (χ1n) is 3.70. The molecule has 1 heterocycles. The number of hydrogen-bond donors (Lipinski definition) is 2. The van der Waals surface area contributed by atoms with Gasteiger partial charge in [0.25, 0.3) is 0 Å². The van der Waals surface area contributed by atoms with Gasteiger partial charge < -0.3 is 10.6 Å². The van der Waals surface area contributed by atoms with E-state index in [1.54, 1.807) is 12.1 Å². The highest BCUT2D eigenvalue weighted by molar-refractivity contribution is 9.10. The predicted octanol–water partition coefficient (Wildman–Crippen LogP) is 1.95. The Morgan fingerprint density at radius 3 is 3.00 bits per heavy atom. The molecule has 1 aromatic rings. The van der Waals surface area contributed by atoms with Gasteiger partial charge in [0, 0.05) is 0 Å². The monoisotopic (exact) mass is 244 g/mol. The lowest BCUT2D eigenvalue weighted by Gasteiger charge is -2.19. The molecule has 1 aliphatic rings. The average Bonchev–Trinajstić information content (AvgIpc) is 2.12. The Balaban J connectivity index is 2.53. The van der Waals surface area contributed by atoms with Gasteiger partial charge in [-0.25, -0.2) is 4.39 Å². The van der Waals surface area contributed by atoms with Crippen LogP contribution in [0.1, 0.15) is 0 Å². The largest absolute Gasteiger partial charge is 0.372 e. The number of halogens is 2. The average molecular weight is 245 g/mol. The number of anilines is 2. The molecule has 0 bridgehead atoms. The highest BCUT2D eigenvalue weighted by atomic mass is 79.9. The summed E-state index contributed by atoms with van der Waals surface area (Å²) in [5, 5.41) is 5.27. The number of fused-ring (bicyclic) bond motifs is 1. The molecule has 2 N–H and O–H groups in total. The number of carbonyl (C=O) groups is 1. The van der Waals surface area contributed by atoms with Gasteiger partial charge in [-0.3, -0.25) is 4.79 Å². The first-order valence-corrected chi connectivity index (χ1v) is 4.49. The summed E-state index contributed by atoms with van der Waals surface area (Å²) in [7, 11) is 0. The molecule has 1 aromatic carbocycles. The van der Waals surface area contributed by atoms with Crippen LogP contribution in [-0.4, -0.2) is 12.5 Å². The van der Waals surface area contributed by atoms with Crippen LogP contribution in [0, 0.1) is 5.82 Å². The number of benzene rings is 1. The molecule has 1 aliphatic heterocycles. The highest BCUT2D eigenvalue weighted by Crippen LogP contribution is 2.32. The van der Waals surface area contributed by atoms with Crippen molar-refractivity contribution in [2.75, 3.05) is 17.2 Å². The van der Waals surface area contributed by atoms with Gasteiger partial charge in [0.1, 0.15) is 0 Å². The van der Waals surface area contributed by atoms with E-state index >= 15 is 0 Å². The third-order valence-electron chi connectivity index (χ3n) is 1.79. The summed E-state index contributed by atoms with van der Waals surface area (Å²) in [5.41, 5.74) is 0.825. The minimum Gasteiger partial charge on any atom is -0.372 e. The Labute approximate surface area is 82.4 Å². The van der Waals surface area contributed by atoms with E-state index in [2.05, 4.69) is 26.6 Å². The van der Waals surface area contributed by atoms with E-state index in [-0.39, 0.29) is 18.3 Å². The van der Waals surface area contributed by atoms with Crippen LogP contribution in [0.25, 0.3) is 0 Å². The minimum atomic E-state index is -0.377. The van der Waals surface area contributed by atoms with Crippen LogP contribution < -0.4 is 10.6 Å². The quantitative estimate of drug-likeness (QED) is 0.733. The zero-order valence-electron chi connectivity index (χ0n) is 6.53. The molecule has 0 spiro atoms. The Kier molecular flexibility index (Phi) is 1.95. The summed E-state index contributed by atoms with van der Waals surface area (Å²) in [4.78, 5) is 10.9. The first kappa shape index (κ1) is 8.50. The third-order valence-corrected chi connectivity index (χ3v) is 2.41. The maximum atomic E-state index is 13.3. The van der Waals surface area contributed by atoms with E-state index in [1.165, 1.54) is 0 Å². The number of amides is 1. The molecule has 0 saturated heterocycles. The molecule has 13 heavy (non-hydrogen) atoms. The molecule has 0 saturated carbocycles. The predicted molar refractivity (Wildman–Crippen MR) is 51.2 cm³/mol. The molecule has 0 aliphatic carbocycles. The molecule has 0 radical (unpaired) electrons. The molecule has 0 unspecified atom stereocenters. The van der Waals surface area contributed by atoms with Crippen molar-refractivity contribution in [2.24, 2.45) is 0 Å². The molecule has 5 heteroatoms. The van der Waals surface area contributed by atoms with Crippen molar-refractivity contribution < 1.29 is 9.18 Å². The van der Waals surface area contributed by atoms with Crippen molar-refractivity contribution in [2.45, 2.75) is 0 Å². The van der Waals surface area contributed by atoms with Gasteiger partial charge in [-0.05, 0) is 28.1 Å². The number of hydrogen-bond acceptors (Lipinski definition) is 2. The van der Waals surface area contributed by atoms with Gasteiger partial charge in [-0.2, -0.15) is 0 Å². The van der Waals surface area contributed by atoms with E-state index in [0.717, 1.165) is 0 Å². The molecule has 2 rings (SSSR count). The van der Waals surface area contributed by atoms with Crippen molar-refractivity contribution in [3.63, 3.8) is 0 Å². The van der Waals surface area contributed by atoms with Crippen LogP contribution in [0.3, 0.4) is 0 Å². The lowest BCUT2D eigenvalue weighted by atomic mass is 10.2. The van der Waals surface area contributed by atoms with Crippen LogP contribution in [0.4, 0.5) is 15.8 Å². The maximum absolute atomic E-state index is 13.3. The molecular formula is C8H6BrFN2O. The van der Waals surface area contributed by atoms with Gasteiger partial charge in [0.05, 0.1) is 22.4 Å². The zero-order chi connectivity index (χ0) is 9.42. The van der Waals surface area contributed by atoms with Gasteiger partial charge in [-0.1, -0.05) is 0 Å². The number of rotatable bonds is 0. The fourth-order valence-electron chi connectivity index (χ4n) is 1.19. The second kappa shape index (κ2) is 2.99. The molecular weight excluding hydrogens is 239 g/mol. The Morgan fingerprint density at radius 2 is 2.23 bits per heavy atom. The molecule has 0 aromatic heterocycles. The van der Waals surface area contributed by atoms with Crippen molar-refractivity contribution in [1.29, 1.82) is 0 Å². The first-order chi connectivity index (χ1) is 6.18. The smallest absolute Gasteiger partial charge is 0.243 e. The molecule has 0 fully saturated rings. The molecule has 1 amide bonds. The fraction of sp³-hybridized carbons (Fsp3) is 0.125. The molecule has 3 nitrogen and oxygen atoms in total. The lowest BCUT2D eigenvalue weighted by molar-refractivity contribution is -0.114. The normalized spacial score (nSPS) is 14.5. The Bertz CT molecular complexity index is 381. The van der Waals surface area contributed by atoms with Gasteiger partial charge in [0.15, 0.2) is 5.82 Å². The topological polar surface area (TPSA) is 41.1 Å². The fourth-order valence-corrected chi connectivity index (χ4v) is 1.52. The maximum Gasteiger partial charge on any atom is 0.243 e. The number of nitrogens with one attached hydrogen (secondary N) is 2. The van der Waals surface area contributed by atoms with Crippen molar-refractivity contribution in [3.8, 4) is 0 Å². The van der Waals surface area contributed by atoms with E-state index in [9.17, 15) is 9.18 Å². The van der Waals surface area contributed by atoms with Gasteiger partial charge in [0.2, 0.25) is 5.91 Å². The second-order valence-corrected chi connectivity index (χ2v) is 3.54. The van der Waals surface area contributed by atoms with Crippen molar-refractivity contribution in [3.05, 3.63) is 22.4 Å². The second-order valence-electron chi connectivity index (χ2n) is 2.69. The van der Waals surface area contributed by atoms with E-state index in [4.69, 9.17) is 0 Å². The summed E-state index contributed by atoms with van der Waals surface area (Å²) < 4.78 is 13.7. The summed E-state index contributed by atoms with van der Waals surface area (Å²) in [6.45, 7) is 0.111. The Hall–Kier alpha value is -1.10. The third kappa shape index (κ3) is 1.39. The van der Waals surface area contributed by atoms with Crippen LogP contribution in [0.15, 0.2) is 16.6 Å². The van der Waals surface area contributed by atoms with E-state index < -0.39 is 0 Å². The number of carbonyl (C=O) groups excluding carboxylic acids is 1. The SMILES string of the molecule is O=C1CNc2c(ccc(Br)c2F)N1. The van der Waals surface area contributed by atoms with Gasteiger partial charge >= 0.3 is 0 Å². The summed E-state index contributed by atoms with van der Waals surface area (Å²) in [6.07, 6.45) is 0. The minimum absolute atomic E-state index is 0.111. The van der Waals surface area contributed by atoms with Crippen molar-refractivity contribution >= 4 is 33.2 Å². The zero-order valence-corrected chi connectivity index (χ0v) is 8.11. The molecule has 0 atom stereocenters. The molecule has 68 valence electrons. The van der Waals surface area contributed by atoms with Gasteiger partial charge in [-0.15, -0.1) is 0 Å². The van der Waals surface area contributed by atoms with E-state index in [1.807, 2.05) is 0 Å². The standard InChI is InChI=1S/C8H6BrFN2O/c9-4-1-2-5-8(7(4)10)11-3-6(13)12-5/h1-2,11H,3H2,(H,12,13). The summed E-state index contributed by atoms with van der Waals surface area (Å²) >= 11 is 3.06. The Morgan fingerprint density at radius 1 is 1.46 bits per heavy atom. The van der Waals surface area contributed by atoms with Crippen LogP contribution in [0.2, 0.25) is 0 Å². The lowest BCUT2D eigenvalue weighted by Crippen LogP contribution is -2.28. The van der Waals surface area contributed by atoms with Crippen LogP contribution in [0.5, 0.6) is 0 Å². The van der Waals surface area contributed by atoms with Crippen molar-refractivity contribution in [1.82, 2.24) is 0 Å². The highest BCUT2D eigenvalue weighted by Gasteiger charge is 2.18. The summed E-state index contributed by atoms with van der Waals surface area (Å²) in [5.74, 6) is -0.535. The van der Waals surface area contributed by atoms with Crippen LogP contribution >= 0.6 is 15.9 Å². The van der Waals surface area contributed by atoms with Crippen LogP contribution in [-0.2, 0) is 4.79 Å². The van der Waals surface area contributed by atoms with E-state index in [0.29, 0.717) is 15.8 Å².